The van der Waals surface area contributed by atoms with E-state index in [2.05, 4.69) is 21.8 Å². The molecule has 2 aromatic carbocycles. The van der Waals surface area contributed by atoms with E-state index in [4.69, 9.17) is 0 Å². The van der Waals surface area contributed by atoms with Crippen molar-refractivity contribution in [3.8, 4) is 0 Å². The first-order chi connectivity index (χ1) is 14.1. The number of carbonyl (C=O) groups excluding carboxylic acids is 3. The van der Waals surface area contributed by atoms with Crippen LogP contribution in [0.5, 0.6) is 0 Å². The molecule has 0 fully saturated rings. The fourth-order valence-electron chi connectivity index (χ4n) is 3.69. The van der Waals surface area contributed by atoms with Crippen LogP contribution in [0.25, 0.3) is 11.0 Å². The van der Waals surface area contributed by atoms with Crippen LogP contribution >= 0.6 is 0 Å². The van der Waals surface area contributed by atoms with Gasteiger partial charge in [-0.05, 0) is 30.7 Å². The van der Waals surface area contributed by atoms with Gasteiger partial charge >= 0.3 is 0 Å². The zero-order chi connectivity index (χ0) is 20.4. The lowest BCUT2D eigenvalue weighted by atomic mass is 10.1. The number of carbonyl (C=O) groups is 3. The normalized spacial score (nSPS) is 13.2. The van der Waals surface area contributed by atoms with Crippen LogP contribution in [0.1, 0.15) is 39.9 Å². The molecule has 7 heteroatoms. The minimum Gasteiger partial charge on any atom is -0.354 e. The molecule has 0 saturated heterocycles. The number of fused-ring (bicyclic) bond motifs is 2. The maximum Gasteiger partial charge on any atom is 0.262 e. The van der Waals surface area contributed by atoms with Gasteiger partial charge in [-0.3, -0.25) is 19.3 Å². The largest absolute Gasteiger partial charge is 0.354 e. The number of hydrogen-bond donors (Lipinski definition) is 1. The van der Waals surface area contributed by atoms with Crippen molar-refractivity contribution >= 4 is 28.8 Å². The lowest BCUT2D eigenvalue weighted by molar-refractivity contribution is -0.121. The van der Waals surface area contributed by atoms with Crippen LogP contribution in [0, 0.1) is 0 Å². The third-order valence-corrected chi connectivity index (χ3v) is 5.03. The number of nitrogens with one attached hydrogen (secondary N) is 1. The van der Waals surface area contributed by atoms with Gasteiger partial charge in [0.05, 0.1) is 22.2 Å². The molecule has 4 rings (SSSR count). The Labute approximate surface area is 168 Å². The Kier molecular flexibility index (Phi) is 5.12. The Morgan fingerprint density at radius 3 is 2.34 bits per heavy atom. The molecule has 1 N–H and O–H groups in total. The summed E-state index contributed by atoms with van der Waals surface area (Å²) < 4.78 is 2.17. The van der Waals surface area contributed by atoms with Crippen molar-refractivity contribution < 1.29 is 14.4 Å². The van der Waals surface area contributed by atoms with Gasteiger partial charge in [0, 0.05) is 19.5 Å². The summed E-state index contributed by atoms with van der Waals surface area (Å²) >= 11 is 0. The maximum atomic E-state index is 12.4. The van der Waals surface area contributed by atoms with Crippen LogP contribution in [0.3, 0.4) is 0 Å². The second-order valence-electron chi connectivity index (χ2n) is 7.01. The van der Waals surface area contributed by atoms with Gasteiger partial charge < -0.3 is 9.88 Å². The lowest BCUT2D eigenvalue weighted by Crippen LogP contribution is -2.41. The molecule has 1 aliphatic rings. The smallest absolute Gasteiger partial charge is 0.262 e. The standard InChI is InChI=1S/C22H22N4O3/c1-2-13-25-18-10-6-5-9-17(18)24-19(25)11-12-23-20(27)14-26-21(28)15-7-3-4-8-16(15)22(26)29/h3-10H,2,11-14H2,1H3,(H,23,27). The minimum atomic E-state index is -0.425. The van der Waals surface area contributed by atoms with E-state index < -0.39 is 11.8 Å². The molecule has 0 radical (unpaired) electrons. The maximum absolute atomic E-state index is 12.4. The number of imide groups is 1. The van der Waals surface area contributed by atoms with Crippen LogP contribution in [0.15, 0.2) is 48.5 Å². The van der Waals surface area contributed by atoms with Gasteiger partial charge in [0.2, 0.25) is 5.91 Å². The van der Waals surface area contributed by atoms with Crippen molar-refractivity contribution in [2.75, 3.05) is 13.1 Å². The second kappa shape index (κ2) is 7.87. The molecule has 0 atom stereocenters. The monoisotopic (exact) mass is 390 g/mol. The molecule has 7 nitrogen and oxygen atoms in total. The van der Waals surface area contributed by atoms with E-state index in [-0.39, 0.29) is 12.5 Å². The summed E-state index contributed by atoms with van der Waals surface area (Å²) in [7, 11) is 0. The first-order valence-electron chi connectivity index (χ1n) is 9.76. The van der Waals surface area contributed by atoms with Crippen molar-refractivity contribution in [3.05, 3.63) is 65.5 Å². The minimum absolute atomic E-state index is 0.280. The molecular weight excluding hydrogens is 368 g/mol. The van der Waals surface area contributed by atoms with Crippen LogP contribution in [-0.4, -0.2) is 45.3 Å². The van der Waals surface area contributed by atoms with E-state index in [1.165, 1.54) is 0 Å². The highest BCUT2D eigenvalue weighted by atomic mass is 16.2. The van der Waals surface area contributed by atoms with E-state index >= 15 is 0 Å². The number of benzene rings is 2. The van der Waals surface area contributed by atoms with Crippen molar-refractivity contribution in [3.63, 3.8) is 0 Å². The topological polar surface area (TPSA) is 84.3 Å². The van der Waals surface area contributed by atoms with Crippen molar-refractivity contribution in [1.82, 2.24) is 19.8 Å². The molecule has 148 valence electrons. The third kappa shape index (κ3) is 3.51. The number of hydrogen-bond acceptors (Lipinski definition) is 4. The van der Waals surface area contributed by atoms with E-state index in [1.807, 2.05) is 24.3 Å². The zero-order valence-electron chi connectivity index (χ0n) is 16.2. The molecule has 0 saturated carbocycles. The van der Waals surface area contributed by atoms with Gasteiger partial charge in [0.15, 0.2) is 0 Å². The zero-order valence-corrected chi connectivity index (χ0v) is 16.2. The average Bonchev–Trinajstić information content (AvgIpc) is 3.19. The molecule has 0 bridgehead atoms. The molecule has 0 aliphatic carbocycles. The molecular formula is C22H22N4O3. The van der Waals surface area contributed by atoms with Gasteiger partial charge in [0.25, 0.3) is 11.8 Å². The first kappa shape index (κ1) is 18.9. The Morgan fingerprint density at radius 2 is 1.66 bits per heavy atom. The van der Waals surface area contributed by atoms with Crippen LogP contribution in [0.4, 0.5) is 0 Å². The van der Waals surface area contributed by atoms with Crippen LogP contribution < -0.4 is 5.32 Å². The number of para-hydroxylation sites is 2. The number of amides is 3. The van der Waals surface area contributed by atoms with E-state index in [0.29, 0.717) is 24.1 Å². The molecule has 1 aliphatic heterocycles. The Hall–Kier alpha value is -3.48. The molecule has 0 spiro atoms. The molecule has 0 unspecified atom stereocenters. The first-order valence-corrected chi connectivity index (χ1v) is 9.76. The Balaban J connectivity index is 1.38. The Bertz CT molecular complexity index is 1070. The SMILES string of the molecule is CCCn1c(CCNC(=O)CN2C(=O)c3ccccc3C2=O)nc2ccccc21. The van der Waals surface area contributed by atoms with Crippen LogP contribution in [-0.2, 0) is 17.8 Å². The fourth-order valence-corrected chi connectivity index (χ4v) is 3.69. The van der Waals surface area contributed by atoms with Gasteiger partial charge in [-0.2, -0.15) is 0 Å². The summed E-state index contributed by atoms with van der Waals surface area (Å²) in [5.74, 6) is -0.303. The summed E-state index contributed by atoms with van der Waals surface area (Å²) in [5, 5.41) is 2.80. The predicted molar refractivity (Wildman–Crippen MR) is 109 cm³/mol. The van der Waals surface area contributed by atoms with E-state index in [0.717, 1.165) is 34.7 Å². The fraction of sp³-hybridized carbons (Fsp3) is 0.273. The lowest BCUT2D eigenvalue weighted by Gasteiger charge is -2.14. The quantitative estimate of drug-likeness (QED) is 0.628. The Morgan fingerprint density at radius 1 is 1.00 bits per heavy atom. The van der Waals surface area contributed by atoms with Gasteiger partial charge in [-0.25, -0.2) is 4.98 Å². The summed E-state index contributed by atoms with van der Waals surface area (Å²) in [6.07, 6.45) is 1.56. The van der Waals surface area contributed by atoms with Gasteiger partial charge in [-0.1, -0.05) is 31.2 Å². The average molecular weight is 390 g/mol. The highest BCUT2D eigenvalue weighted by molar-refractivity contribution is 6.22. The van der Waals surface area contributed by atoms with E-state index in [1.54, 1.807) is 24.3 Å². The van der Waals surface area contributed by atoms with Gasteiger partial charge in [-0.15, -0.1) is 0 Å². The molecule has 29 heavy (non-hydrogen) atoms. The number of rotatable bonds is 7. The van der Waals surface area contributed by atoms with Crippen molar-refractivity contribution in [2.24, 2.45) is 0 Å². The number of imidazole rings is 1. The van der Waals surface area contributed by atoms with Crippen molar-refractivity contribution in [1.29, 1.82) is 0 Å². The molecule has 1 aromatic heterocycles. The predicted octanol–water partition coefficient (Wildman–Crippen LogP) is 2.40. The second-order valence-corrected chi connectivity index (χ2v) is 7.01. The number of aromatic nitrogens is 2. The molecule has 3 amide bonds. The van der Waals surface area contributed by atoms with Crippen molar-refractivity contribution in [2.45, 2.75) is 26.3 Å². The molecule has 3 aromatic rings. The number of aryl methyl sites for hydroxylation is 1. The van der Waals surface area contributed by atoms with E-state index in [9.17, 15) is 14.4 Å². The summed E-state index contributed by atoms with van der Waals surface area (Å²) in [6.45, 7) is 3.08. The summed E-state index contributed by atoms with van der Waals surface area (Å²) in [5.41, 5.74) is 2.71. The highest BCUT2D eigenvalue weighted by Crippen LogP contribution is 2.22. The number of nitrogens with zero attached hydrogens (tertiary/aromatic N) is 3. The summed E-state index contributed by atoms with van der Waals surface area (Å²) in [6, 6.07) is 14.6. The van der Waals surface area contributed by atoms with Crippen LogP contribution in [0.2, 0.25) is 0 Å². The highest BCUT2D eigenvalue weighted by Gasteiger charge is 2.36. The third-order valence-electron chi connectivity index (χ3n) is 5.03. The summed E-state index contributed by atoms with van der Waals surface area (Å²) in [4.78, 5) is 42.7. The molecule has 2 heterocycles. The van der Waals surface area contributed by atoms with Gasteiger partial charge in [0.1, 0.15) is 12.4 Å².